The van der Waals surface area contributed by atoms with Gasteiger partial charge < -0.3 is 25.6 Å². The highest BCUT2D eigenvalue weighted by Gasteiger charge is 2.08. The largest absolute Gasteiger partial charge is 0.491 e. The van der Waals surface area contributed by atoms with Crippen LogP contribution < -0.4 is 15.8 Å². The molecule has 0 aliphatic heterocycles. The van der Waals surface area contributed by atoms with Gasteiger partial charge in [0.15, 0.2) is 0 Å². The lowest BCUT2D eigenvalue weighted by Gasteiger charge is -2.15. The van der Waals surface area contributed by atoms with Crippen LogP contribution in [0, 0.1) is 0 Å². The van der Waals surface area contributed by atoms with Crippen LogP contribution in [-0.2, 0) is 4.74 Å². The van der Waals surface area contributed by atoms with E-state index in [1.807, 2.05) is 25.1 Å². The first-order chi connectivity index (χ1) is 8.69. The molecular formula is C13H22N2O3. The van der Waals surface area contributed by atoms with E-state index in [0.29, 0.717) is 31.2 Å². The van der Waals surface area contributed by atoms with Crippen molar-refractivity contribution in [3.63, 3.8) is 0 Å². The van der Waals surface area contributed by atoms with Gasteiger partial charge in [-0.1, -0.05) is 13.0 Å². The summed E-state index contributed by atoms with van der Waals surface area (Å²) in [7, 11) is 1.55. The Kier molecular flexibility index (Phi) is 6.32. The fraction of sp³-hybridized carbons (Fsp3) is 0.538. The molecule has 0 saturated carbocycles. The van der Waals surface area contributed by atoms with Crippen LogP contribution in [0.2, 0.25) is 0 Å². The molecule has 1 rings (SSSR count). The van der Waals surface area contributed by atoms with Crippen molar-refractivity contribution >= 4 is 11.4 Å². The van der Waals surface area contributed by atoms with Crippen molar-refractivity contribution < 1.29 is 14.6 Å². The van der Waals surface area contributed by atoms with Crippen molar-refractivity contribution in [2.75, 3.05) is 37.9 Å². The van der Waals surface area contributed by atoms with Gasteiger partial charge in [-0.15, -0.1) is 0 Å². The van der Waals surface area contributed by atoms with Gasteiger partial charge >= 0.3 is 0 Å². The minimum absolute atomic E-state index is 0.291. The molecule has 0 radical (unpaired) electrons. The molecule has 1 atom stereocenters. The Morgan fingerprint density at radius 2 is 2.22 bits per heavy atom. The Morgan fingerprint density at radius 3 is 2.89 bits per heavy atom. The number of nitrogens with one attached hydrogen (secondary N) is 1. The third-order valence-electron chi connectivity index (χ3n) is 2.41. The molecule has 1 aromatic rings. The SMILES string of the molecule is CCCOc1cccc(NCC(O)COC)c1N. The molecule has 0 aliphatic carbocycles. The summed E-state index contributed by atoms with van der Waals surface area (Å²) in [5.41, 5.74) is 7.31. The number of hydrogen-bond donors (Lipinski definition) is 3. The van der Waals surface area contributed by atoms with E-state index in [4.69, 9.17) is 15.2 Å². The summed E-state index contributed by atoms with van der Waals surface area (Å²) < 4.78 is 10.4. The average Bonchev–Trinajstić information content (AvgIpc) is 2.36. The number of aliphatic hydroxyl groups is 1. The number of para-hydroxylation sites is 1. The maximum Gasteiger partial charge on any atom is 0.144 e. The van der Waals surface area contributed by atoms with Crippen LogP contribution in [0.5, 0.6) is 5.75 Å². The van der Waals surface area contributed by atoms with Crippen molar-refractivity contribution in [3.05, 3.63) is 18.2 Å². The molecule has 0 amide bonds. The van der Waals surface area contributed by atoms with E-state index in [-0.39, 0.29) is 0 Å². The monoisotopic (exact) mass is 254 g/mol. The molecule has 18 heavy (non-hydrogen) atoms. The number of aliphatic hydroxyl groups excluding tert-OH is 1. The number of methoxy groups -OCH3 is 1. The molecule has 0 saturated heterocycles. The van der Waals surface area contributed by atoms with Gasteiger partial charge in [-0.3, -0.25) is 0 Å². The second-order valence-electron chi connectivity index (χ2n) is 4.06. The molecule has 0 fully saturated rings. The van der Waals surface area contributed by atoms with Gasteiger partial charge in [0.25, 0.3) is 0 Å². The molecule has 5 heteroatoms. The van der Waals surface area contributed by atoms with Gasteiger partial charge in [-0.25, -0.2) is 0 Å². The van der Waals surface area contributed by atoms with Crippen molar-refractivity contribution in [2.24, 2.45) is 0 Å². The van der Waals surface area contributed by atoms with Gasteiger partial charge in [0.05, 0.1) is 30.7 Å². The highest BCUT2D eigenvalue weighted by Crippen LogP contribution is 2.29. The fourth-order valence-corrected chi connectivity index (χ4v) is 1.52. The topological polar surface area (TPSA) is 76.7 Å². The summed E-state index contributed by atoms with van der Waals surface area (Å²) in [6.45, 7) is 3.35. The Labute approximate surface area is 108 Å². The fourth-order valence-electron chi connectivity index (χ4n) is 1.52. The van der Waals surface area contributed by atoms with Crippen LogP contribution in [0.1, 0.15) is 13.3 Å². The maximum atomic E-state index is 9.55. The highest BCUT2D eigenvalue weighted by atomic mass is 16.5. The lowest BCUT2D eigenvalue weighted by molar-refractivity contribution is 0.0727. The molecule has 0 heterocycles. The first-order valence-corrected chi connectivity index (χ1v) is 6.11. The lowest BCUT2D eigenvalue weighted by Crippen LogP contribution is -2.24. The van der Waals surface area contributed by atoms with E-state index in [1.54, 1.807) is 7.11 Å². The zero-order chi connectivity index (χ0) is 13.4. The van der Waals surface area contributed by atoms with Crippen molar-refractivity contribution in [1.29, 1.82) is 0 Å². The van der Waals surface area contributed by atoms with Gasteiger partial charge in [-0.05, 0) is 18.6 Å². The number of ether oxygens (including phenoxy) is 2. The van der Waals surface area contributed by atoms with Gasteiger partial charge in [0.2, 0.25) is 0 Å². The second-order valence-corrected chi connectivity index (χ2v) is 4.06. The standard InChI is InChI=1S/C13H22N2O3/c1-3-7-18-12-6-4-5-11(13(12)14)15-8-10(16)9-17-2/h4-6,10,15-16H,3,7-9,14H2,1-2H3. The third-order valence-corrected chi connectivity index (χ3v) is 2.41. The van der Waals surface area contributed by atoms with Gasteiger partial charge in [-0.2, -0.15) is 0 Å². The van der Waals surface area contributed by atoms with E-state index in [9.17, 15) is 5.11 Å². The summed E-state index contributed by atoms with van der Waals surface area (Å²) in [4.78, 5) is 0. The molecule has 0 bridgehead atoms. The van der Waals surface area contributed by atoms with E-state index >= 15 is 0 Å². The number of anilines is 2. The predicted octanol–water partition coefficient (Wildman–Crippen LogP) is 1.48. The molecule has 4 N–H and O–H groups in total. The van der Waals surface area contributed by atoms with Crippen LogP contribution in [0.25, 0.3) is 0 Å². The van der Waals surface area contributed by atoms with Crippen LogP contribution >= 0.6 is 0 Å². The Hall–Kier alpha value is -1.46. The van der Waals surface area contributed by atoms with E-state index in [0.717, 1.165) is 12.1 Å². The Balaban J connectivity index is 2.60. The van der Waals surface area contributed by atoms with Crippen LogP contribution in [0.15, 0.2) is 18.2 Å². The number of nitrogen functional groups attached to an aromatic ring is 1. The van der Waals surface area contributed by atoms with Crippen LogP contribution in [-0.4, -0.2) is 38.1 Å². The van der Waals surface area contributed by atoms with E-state index in [2.05, 4.69) is 5.32 Å². The summed E-state index contributed by atoms with van der Waals surface area (Å²) in [6.07, 6.45) is 0.374. The molecule has 0 aromatic heterocycles. The Bertz CT molecular complexity index is 358. The normalized spacial score (nSPS) is 12.2. The molecule has 1 unspecified atom stereocenters. The Morgan fingerprint density at radius 1 is 1.44 bits per heavy atom. The minimum Gasteiger partial charge on any atom is -0.491 e. The van der Waals surface area contributed by atoms with Crippen molar-refractivity contribution in [1.82, 2.24) is 0 Å². The number of hydrogen-bond acceptors (Lipinski definition) is 5. The molecule has 0 spiro atoms. The predicted molar refractivity (Wildman–Crippen MR) is 73.0 cm³/mol. The average molecular weight is 254 g/mol. The summed E-state index contributed by atoms with van der Waals surface area (Å²) in [5.74, 6) is 0.670. The number of rotatable bonds is 8. The maximum absolute atomic E-state index is 9.55. The second kappa shape index (κ2) is 7.79. The van der Waals surface area contributed by atoms with E-state index in [1.165, 1.54) is 0 Å². The summed E-state index contributed by atoms with van der Waals surface area (Å²) in [5, 5.41) is 12.6. The molecular weight excluding hydrogens is 232 g/mol. The quantitative estimate of drug-likeness (QED) is 0.612. The lowest BCUT2D eigenvalue weighted by atomic mass is 10.2. The molecule has 5 nitrogen and oxygen atoms in total. The van der Waals surface area contributed by atoms with Crippen LogP contribution in [0.4, 0.5) is 11.4 Å². The third kappa shape index (κ3) is 4.43. The minimum atomic E-state index is -0.561. The molecule has 0 aliphatic rings. The molecule has 102 valence electrons. The van der Waals surface area contributed by atoms with Crippen molar-refractivity contribution in [2.45, 2.75) is 19.4 Å². The van der Waals surface area contributed by atoms with Gasteiger partial charge in [0, 0.05) is 13.7 Å². The highest BCUT2D eigenvalue weighted by molar-refractivity contribution is 5.72. The summed E-state index contributed by atoms with van der Waals surface area (Å²) in [6, 6.07) is 5.56. The number of nitrogens with two attached hydrogens (primary N) is 1. The van der Waals surface area contributed by atoms with Gasteiger partial charge in [0.1, 0.15) is 5.75 Å². The molecule has 1 aromatic carbocycles. The summed E-state index contributed by atoms with van der Waals surface area (Å²) >= 11 is 0. The smallest absolute Gasteiger partial charge is 0.144 e. The first-order valence-electron chi connectivity index (χ1n) is 6.11. The first kappa shape index (κ1) is 14.6. The zero-order valence-electron chi connectivity index (χ0n) is 11.0. The van der Waals surface area contributed by atoms with Crippen molar-refractivity contribution in [3.8, 4) is 5.75 Å². The number of benzene rings is 1. The van der Waals surface area contributed by atoms with E-state index < -0.39 is 6.10 Å². The zero-order valence-corrected chi connectivity index (χ0v) is 11.0. The van der Waals surface area contributed by atoms with Crippen LogP contribution in [0.3, 0.4) is 0 Å².